The molecule has 0 unspecified atom stereocenters. The average molecular weight is 337 g/mol. The predicted molar refractivity (Wildman–Crippen MR) is 89.0 cm³/mol. The zero-order chi connectivity index (χ0) is 17.2. The van der Waals surface area contributed by atoms with Gasteiger partial charge in [0, 0.05) is 18.7 Å². The second-order valence-corrected chi connectivity index (χ2v) is 6.02. The minimum absolute atomic E-state index is 0.0381. The van der Waals surface area contributed by atoms with E-state index in [1.807, 2.05) is 23.1 Å². The molecule has 1 aromatic heterocycles. The number of hydrogen-bond donors (Lipinski definition) is 0. The van der Waals surface area contributed by atoms with Crippen LogP contribution in [0.1, 0.15) is 17.0 Å². The Morgan fingerprint density at radius 2 is 1.84 bits per heavy atom. The third-order valence-corrected chi connectivity index (χ3v) is 4.34. The van der Waals surface area contributed by atoms with Crippen LogP contribution in [0.2, 0.25) is 0 Å². The molecule has 1 aliphatic rings. The quantitative estimate of drug-likeness (QED) is 0.737. The lowest BCUT2D eigenvalue weighted by atomic mass is 10.00. The third kappa shape index (κ3) is 3.28. The van der Waals surface area contributed by atoms with Crippen LogP contribution in [0.25, 0.3) is 11.5 Å². The highest BCUT2D eigenvalue weighted by Crippen LogP contribution is 2.21. The van der Waals surface area contributed by atoms with Crippen molar-refractivity contribution in [1.29, 1.82) is 0 Å². The molecule has 0 fully saturated rings. The van der Waals surface area contributed by atoms with Crippen molar-refractivity contribution < 1.29 is 13.6 Å². The molecule has 0 saturated carbocycles. The number of halogens is 1. The lowest BCUT2D eigenvalue weighted by Crippen LogP contribution is -2.36. The lowest BCUT2D eigenvalue weighted by molar-refractivity contribution is -0.131. The van der Waals surface area contributed by atoms with Crippen molar-refractivity contribution in [1.82, 2.24) is 15.1 Å². The largest absolute Gasteiger partial charge is 0.420 e. The van der Waals surface area contributed by atoms with Gasteiger partial charge < -0.3 is 9.32 Å². The number of nitrogens with zero attached hydrogens (tertiary/aromatic N) is 3. The van der Waals surface area contributed by atoms with E-state index in [1.165, 1.54) is 23.3 Å². The molecule has 25 heavy (non-hydrogen) atoms. The number of benzene rings is 2. The molecular weight excluding hydrogens is 321 g/mol. The number of carbonyl (C=O) groups excluding carboxylic acids is 1. The third-order valence-electron chi connectivity index (χ3n) is 4.34. The van der Waals surface area contributed by atoms with E-state index in [-0.39, 0.29) is 29.9 Å². The van der Waals surface area contributed by atoms with Gasteiger partial charge in [-0.2, -0.15) is 0 Å². The van der Waals surface area contributed by atoms with Crippen molar-refractivity contribution in [2.45, 2.75) is 19.4 Å². The maximum atomic E-state index is 13.0. The summed E-state index contributed by atoms with van der Waals surface area (Å²) in [6.07, 6.45) is 0.920. The summed E-state index contributed by atoms with van der Waals surface area (Å²) in [5.41, 5.74) is 3.10. The lowest BCUT2D eigenvalue weighted by Gasteiger charge is -2.28. The molecule has 0 atom stereocenters. The molecule has 4 rings (SSSR count). The fourth-order valence-electron chi connectivity index (χ4n) is 2.98. The first-order valence-electron chi connectivity index (χ1n) is 8.12. The number of carbonyl (C=O) groups is 1. The molecule has 0 aliphatic carbocycles. The van der Waals surface area contributed by atoms with Gasteiger partial charge >= 0.3 is 0 Å². The van der Waals surface area contributed by atoms with Crippen molar-refractivity contribution in [2.75, 3.05) is 6.54 Å². The van der Waals surface area contributed by atoms with E-state index < -0.39 is 0 Å². The van der Waals surface area contributed by atoms with E-state index in [0.29, 0.717) is 18.7 Å². The predicted octanol–water partition coefficient (Wildman–Crippen LogP) is 3.00. The Kier molecular flexibility index (Phi) is 4.01. The molecule has 0 N–H and O–H groups in total. The summed E-state index contributed by atoms with van der Waals surface area (Å²) in [6.45, 7) is 1.29. The highest BCUT2D eigenvalue weighted by Gasteiger charge is 2.22. The average Bonchev–Trinajstić information content (AvgIpc) is 3.10. The topological polar surface area (TPSA) is 59.2 Å². The van der Waals surface area contributed by atoms with Crippen LogP contribution in [0.15, 0.2) is 52.9 Å². The first-order chi connectivity index (χ1) is 12.2. The monoisotopic (exact) mass is 337 g/mol. The summed E-state index contributed by atoms with van der Waals surface area (Å²) in [4.78, 5) is 14.3. The first kappa shape index (κ1) is 15.5. The molecular formula is C19H16FN3O2. The van der Waals surface area contributed by atoms with Crippen molar-refractivity contribution in [2.24, 2.45) is 0 Å². The van der Waals surface area contributed by atoms with Crippen LogP contribution in [0.4, 0.5) is 4.39 Å². The normalized spacial score (nSPS) is 13.6. The van der Waals surface area contributed by atoms with Gasteiger partial charge in [0.05, 0.1) is 0 Å². The zero-order valence-corrected chi connectivity index (χ0v) is 13.5. The molecule has 126 valence electrons. The Hall–Kier alpha value is -3.02. The fourth-order valence-corrected chi connectivity index (χ4v) is 2.98. The maximum Gasteiger partial charge on any atom is 0.247 e. The smallest absolute Gasteiger partial charge is 0.247 e. The Balaban J connectivity index is 1.44. The molecule has 0 radical (unpaired) electrons. The van der Waals surface area contributed by atoms with E-state index in [0.717, 1.165) is 6.42 Å². The van der Waals surface area contributed by atoms with E-state index in [4.69, 9.17) is 4.42 Å². The fraction of sp³-hybridized carbons (Fsp3) is 0.211. The number of aromatic nitrogens is 2. The molecule has 0 saturated heterocycles. The number of amides is 1. The second kappa shape index (κ2) is 6.47. The SMILES string of the molecule is O=C(Cc1nnc(-c2ccc(F)cc2)o1)N1CCc2ccccc2C1. The standard InChI is InChI=1S/C19H16FN3O2/c20-16-7-5-14(6-8-16)19-22-21-17(25-19)11-18(24)23-10-9-13-3-1-2-4-15(13)12-23/h1-8H,9-12H2. The van der Waals surface area contributed by atoms with Crippen molar-refractivity contribution in [3.05, 3.63) is 71.4 Å². The number of rotatable bonds is 3. The summed E-state index contributed by atoms with van der Waals surface area (Å²) >= 11 is 0. The molecule has 0 spiro atoms. The Morgan fingerprint density at radius 3 is 2.64 bits per heavy atom. The molecule has 0 bridgehead atoms. The molecule has 1 aliphatic heterocycles. The van der Waals surface area contributed by atoms with E-state index in [9.17, 15) is 9.18 Å². The van der Waals surface area contributed by atoms with Gasteiger partial charge in [-0.25, -0.2) is 4.39 Å². The summed E-state index contributed by atoms with van der Waals surface area (Å²) in [5, 5.41) is 7.88. The van der Waals surface area contributed by atoms with Gasteiger partial charge in [-0.3, -0.25) is 4.79 Å². The van der Waals surface area contributed by atoms with Crippen LogP contribution in [0, 0.1) is 5.82 Å². The van der Waals surface area contributed by atoms with E-state index in [1.54, 1.807) is 12.1 Å². The van der Waals surface area contributed by atoms with Gasteiger partial charge in [-0.05, 0) is 41.8 Å². The molecule has 2 heterocycles. The van der Waals surface area contributed by atoms with Crippen LogP contribution in [-0.4, -0.2) is 27.5 Å². The Bertz CT molecular complexity index is 905. The summed E-state index contributed by atoms with van der Waals surface area (Å²) in [7, 11) is 0. The van der Waals surface area contributed by atoms with E-state index in [2.05, 4.69) is 16.3 Å². The Morgan fingerprint density at radius 1 is 1.08 bits per heavy atom. The van der Waals surface area contributed by atoms with Crippen LogP contribution in [-0.2, 0) is 24.2 Å². The van der Waals surface area contributed by atoms with E-state index >= 15 is 0 Å². The van der Waals surface area contributed by atoms with Crippen molar-refractivity contribution in [3.8, 4) is 11.5 Å². The van der Waals surface area contributed by atoms with Gasteiger partial charge in [-0.1, -0.05) is 24.3 Å². The van der Waals surface area contributed by atoms with Gasteiger partial charge in [0.25, 0.3) is 0 Å². The first-order valence-corrected chi connectivity index (χ1v) is 8.12. The molecule has 2 aromatic carbocycles. The molecule has 3 aromatic rings. The highest BCUT2D eigenvalue weighted by molar-refractivity contribution is 5.78. The van der Waals surface area contributed by atoms with Crippen molar-refractivity contribution in [3.63, 3.8) is 0 Å². The molecule has 5 nitrogen and oxygen atoms in total. The molecule has 6 heteroatoms. The second-order valence-electron chi connectivity index (χ2n) is 6.02. The summed E-state index contributed by atoms with van der Waals surface area (Å²) in [5.74, 6) is 0.183. The summed E-state index contributed by atoms with van der Waals surface area (Å²) in [6, 6.07) is 13.9. The summed E-state index contributed by atoms with van der Waals surface area (Å²) < 4.78 is 18.5. The van der Waals surface area contributed by atoms with Crippen LogP contribution < -0.4 is 0 Å². The zero-order valence-electron chi connectivity index (χ0n) is 13.5. The van der Waals surface area contributed by atoms with Crippen molar-refractivity contribution >= 4 is 5.91 Å². The van der Waals surface area contributed by atoms with Crippen LogP contribution in [0.5, 0.6) is 0 Å². The number of fused-ring (bicyclic) bond motifs is 1. The van der Waals surface area contributed by atoms with Gasteiger partial charge in [-0.15, -0.1) is 10.2 Å². The maximum absolute atomic E-state index is 13.0. The van der Waals surface area contributed by atoms with Gasteiger partial charge in [0.15, 0.2) is 0 Å². The van der Waals surface area contributed by atoms with Crippen LogP contribution >= 0.6 is 0 Å². The van der Waals surface area contributed by atoms with Crippen LogP contribution in [0.3, 0.4) is 0 Å². The van der Waals surface area contributed by atoms with Gasteiger partial charge in [0.2, 0.25) is 17.7 Å². The Labute approximate surface area is 144 Å². The minimum Gasteiger partial charge on any atom is -0.420 e. The van der Waals surface area contributed by atoms with Gasteiger partial charge in [0.1, 0.15) is 12.2 Å². The number of hydrogen-bond acceptors (Lipinski definition) is 4. The molecule has 1 amide bonds. The highest BCUT2D eigenvalue weighted by atomic mass is 19.1. The minimum atomic E-state index is -0.330.